The van der Waals surface area contributed by atoms with Gasteiger partial charge in [-0.15, -0.1) is 0 Å². The van der Waals surface area contributed by atoms with Crippen molar-refractivity contribution in [3.8, 4) is 11.5 Å². The summed E-state index contributed by atoms with van der Waals surface area (Å²) in [7, 11) is -3.59. The van der Waals surface area contributed by atoms with Gasteiger partial charge in [0.15, 0.2) is 11.5 Å². The minimum absolute atomic E-state index is 0.179. The van der Waals surface area contributed by atoms with Crippen LogP contribution in [0.4, 0.5) is 4.39 Å². The van der Waals surface area contributed by atoms with Crippen LogP contribution in [-0.2, 0) is 10.0 Å². The van der Waals surface area contributed by atoms with Gasteiger partial charge in [0.05, 0.1) is 44.3 Å². The summed E-state index contributed by atoms with van der Waals surface area (Å²) in [4.78, 5) is 1.53. The zero-order valence-corrected chi connectivity index (χ0v) is 17.3. The van der Waals surface area contributed by atoms with Crippen molar-refractivity contribution in [1.29, 1.82) is 0 Å². The summed E-state index contributed by atoms with van der Waals surface area (Å²) in [6, 6.07) is 11.5. The number of nitrogens with one attached hydrogen (secondary N) is 1. The van der Waals surface area contributed by atoms with E-state index in [-0.39, 0.29) is 16.8 Å². The summed E-state index contributed by atoms with van der Waals surface area (Å²) in [6.45, 7) is 5.45. The molecule has 2 aromatic rings. The fourth-order valence-corrected chi connectivity index (χ4v) is 5.34. The average Bonchev–Trinajstić information content (AvgIpc) is 2.99. The summed E-state index contributed by atoms with van der Waals surface area (Å²) in [5.74, 6) is 0.823. The van der Waals surface area contributed by atoms with Gasteiger partial charge in [0.1, 0.15) is 11.9 Å². The minimum Gasteiger partial charge on any atom is -0.490 e. The lowest BCUT2D eigenvalue weighted by molar-refractivity contribution is -0.933. The standard InChI is InChI=1S/C21H25FN2O4S/c1-16(17-3-5-18(22)6-4-17)23-9-11-24(12-10-23)29(25,26)19-7-8-20-21(15-19)28-14-2-13-27-20/h3-8,15-16H,2,9-14H2,1H3/p+1/t16-/m0/s1. The number of hydrogen-bond donors (Lipinski definition) is 1. The van der Waals surface area contributed by atoms with E-state index in [9.17, 15) is 12.8 Å². The highest BCUT2D eigenvalue weighted by Crippen LogP contribution is 2.32. The molecule has 1 atom stereocenters. The number of quaternary nitrogens is 1. The molecule has 0 spiro atoms. The van der Waals surface area contributed by atoms with E-state index in [4.69, 9.17) is 9.47 Å². The molecule has 0 amide bonds. The van der Waals surface area contributed by atoms with Crippen molar-refractivity contribution in [1.82, 2.24) is 4.31 Å². The molecule has 1 N–H and O–H groups in total. The Labute approximate surface area is 170 Å². The number of sulfonamides is 1. The molecule has 0 aliphatic carbocycles. The lowest BCUT2D eigenvalue weighted by Crippen LogP contribution is -3.14. The molecule has 4 rings (SSSR count). The van der Waals surface area contributed by atoms with Gasteiger partial charge >= 0.3 is 0 Å². The van der Waals surface area contributed by atoms with E-state index in [0.29, 0.717) is 50.9 Å². The SMILES string of the molecule is C[C@@H](c1ccc(F)cc1)[NH+]1CCN(S(=O)(=O)c2ccc3c(c2)OCCCO3)CC1. The average molecular weight is 422 g/mol. The maximum atomic E-state index is 13.2. The Kier molecular flexibility index (Phi) is 5.76. The lowest BCUT2D eigenvalue weighted by Gasteiger charge is -2.35. The third-order valence-corrected chi connectivity index (χ3v) is 7.60. The molecule has 0 saturated carbocycles. The van der Waals surface area contributed by atoms with E-state index in [1.165, 1.54) is 21.3 Å². The molecular formula is C21H26FN2O4S+. The molecule has 29 heavy (non-hydrogen) atoms. The quantitative estimate of drug-likeness (QED) is 0.816. The van der Waals surface area contributed by atoms with Crippen molar-refractivity contribution in [2.24, 2.45) is 0 Å². The molecule has 0 unspecified atom stereocenters. The van der Waals surface area contributed by atoms with Crippen molar-refractivity contribution in [2.45, 2.75) is 24.3 Å². The Bertz CT molecular complexity index is 957. The van der Waals surface area contributed by atoms with Crippen LogP contribution in [0.25, 0.3) is 0 Å². The Hall–Kier alpha value is -2.16. The molecule has 2 aliphatic heterocycles. The van der Waals surface area contributed by atoms with Crippen molar-refractivity contribution in [2.75, 3.05) is 39.4 Å². The van der Waals surface area contributed by atoms with Crippen molar-refractivity contribution in [3.63, 3.8) is 0 Å². The van der Waals surface area contributed by atoms with Gasteiger partial charge in [-0.25, -0.2) is 12.8 Å². The maximum absolute atomic E-state index is 13.2. The minimum atomic E-state index is -3.59. The van der Waals surface area contributed by atoms with E-state index in [1.807, 2.05) is 0 Å². The molecule has 2 aromatic carbocycles. The highest BCUT2D eigenvalue weighted by Gasteiger charge is 2.33. The second-order valence-corrected chi connectivity index (χ2v) is 9.43. The van der Waals surface area contributed by atoms with Gasteiger partial charge in [-0.1, -0.05) is 12.1 Å². The summed E-state index contributed by atoms with van der Waals surface area (Å²) >= 11 is 0. The van der Waals surface area contributed by atoms with E-state index in [0.717, 1.165) is 12.0 Å². The molecule has 2 aliphatic rings. The van der Waals surface area contributed by atoms with Crippen LogP contribution in [0.2, 0.25) is 0 Å². The first-order valence-corrected chi connectivity index (χ1v) is 11.4. The first-order valence-electron chi connectivity index (χ1n) is 9.95. The molecule has 1 fully saturated rings. The number of hydrogen-bond acceptors (Lipinski definition) is 4. The number of fused-ring (bicyclic) bond motifs is 1. The molecule has 2 heterocycles. The van der Waals surface area contributed by atoms with Crippen LogP contribution in [0.3, 0.4) is 0 Å². The van der Waals surface area contributed by atoms with Crippen LogP contribution < -0.4 is 14.4 Å². The summed E-state index contributed by atoms with van der Waals surface area (Å²) < 4.78 is 52.2. The third kappa shape index (κ3) is 4.24. The molecule has 156 valence electrons. The van der Waals surface area contributed by atoms with Crippen molar-refractivity contribution >= 4 is 10.0 Å². The second kappa shape index (κ2) is 8.30. The second-order valence-electron chi connectivity index (χ2n) is 7.49. The van der Waals surface area contributed by atoms with Gasteiger partial charge in [-0.3, -0.25) is 0 Å². The number of benzene rings is 2. The summed E-state index contributed by atoms with van der Waals surface area (Å²) in [6.07, 6.45) is 0.772. The van der Waals surface area contributed by atoms with E-state index in [2.05, 4.69) is 6.92 Å². The van der Waals surface area contributed by atoms with Crippen molar-refractivity contribution in [3.05, 3.63) is 53.8 Å². The van der Waals surface area contributed by atoms with Gasteiger partial charge < -0.3 is 14.4 Å². The molecular weight excluding hydrogens is 395 g/mol. The molecule has 0 aromatic heterocycles. The fourth-order valence-electron chi connectivity index (χ4n) is 3.89. The van der Waals surface area contributed by atoms with Crippen LogP contribution in [0, 0.1) is 5.82 Å². The summed E-state index contributed by atoms with van der Waals surface area (Å²) in [5, 5.41) is 0. The smallest absolute Gasteiger partial charge is 0.243 e. The predicted octanol–water partition coefficient (Wildman–Crippen LogP) is 1.64. The topological polar surface area (TPSA) is 60.3 Å². The normalized spacial score (nSPS) is 19.5. The highest BCUT2D eigenvalue weighted by atomic mass is 32.2. The van der Waals surface area contributed by atoms with Crippen LogP contribution in [0.15, 0.2) is 47.4 Å². The van der Waals surface area contributed by atoms with Crippen molar-refractivity contribution < 1.29 is 27.2 Å². The van der Waals surface area contributed by atoms with Gasteiger partial charge in [-0.2, -0.15) is 4.31 Å². The third-order valence-electron chi connectivity index (χ3n) is 5.70. The van der Waals surface area contributed by atoms with E-state index < -0.39 is 10.0 Å². The lowest BCUT2D eigenvalue weighted by atomic mass is 10.1. The summed E-state index contributed by atoms with van der Waals surface area (Å²) in [5.41, 5.74) is 1.06. The number of ether oxygens (including phenoxy) is 2. The molecule has 0 bridgehead atoms. The molecule has 1 saturated heterocycles. The number of halogens is 1. The monoisotopic (exact) mass is 421 g/mol. The number of piperazine rings is 1. The van der Waals surface area contributed by atoms with Gasteiger partial charge in [-0.05, 0) is 31.2 Å². The van der Waals surface area contributed by atoms with Crippen LogP contribution >= 0.6 is 0 Å². The zero-order chi connectivity index (χ0) is 20.4. The maximum Gasteiger partial charge on any atom is 0.243 e. The first kappa shape index (κ1) is 20.1. The van der Waals surface area contributed by atoms with Gasteiger partial charge in [0, 0.05) is 18.1 Å². The Morgan fingerprint density at radius 3 is 2.34 bits per heavy atom. The number of rotatable bonds is 4. The Morgan fingerprint density at radius 1 is 1.00 bits per heavy atom. The Balaban J connectivity index is 1.45. The van der Waals surface area contributed by atoms with E-state index >= 15 is 0 Å². The van der Waals surface area contributed by atoms with Gasteiger partial charge in [0.25, 0.3) is 0 Å². The zero-order valence-electron chi connectivity index (χ0n) is 16.4. The molecule has 6 nitrogen and oxygen atoms in total. The molecule has 0 radical (unpaired) electrons. The predicted molar refractivity (Wildman–Crippen MR) is 106 cm³/mol. The van der Waals surface area contributed by atoms with Crippen LogP contribution in [0.5, 0.6) is 11.5 Å². The van der Waals surface area contributed by atoms with E-state index in [1.54, 1.807) is 30.3 Å². The highest BCUT2D eigenvalue weighted by molar-refractivity contribution is 7.89. The van der Waals surface area contributed by atoms with Gasteiger partial charge in [0.2, 0.25) is 10.0 Å². The molecule has 8 heteroatoms. The fraction of sp³-hybridized carbons (Fsp3) is 0.429. The first-order chi connectivity index (χ1) is 13.9. The van der Waals surface area contributed by atoms with Crippen LogP contribution in [0.1, 0.15) is 24.9 Å². The largest absolute Gasteiger partial charge is 0.490 e. The Morgan fingerprint density at radius 2 is 1.66 bits per heavy atom. The number of nitrogens with zero attached hydrogens (tertiary/aromatic N) is 1. The van der Waals surface area contributed by atoms with Crippen LogP contribution in [-0.4, -0.2) is 52.1 Å².